The summed E-state index contributed by atoms with van der Waals surface area (Å²) in [6.07, 6.45) is 2.05. The Labute approximate surface area is 90.9 Å². The molecule has 0 aromatic heterocycles. The molecule has 0 heterocycles. The molecule has 15 heavy (non-hydrogen) atoms. The van der Waals surface area contributed by atoms with Gasteiger partial charge in [0.2, 0.25) is 5.91 Å². The maximum absolute atomic E-state index is 10.9. The molecule has 0 saturated heterocycles. The maximum Gasteiger partial charge on any atom is 0.243 e. The molecule has 0 aromatic carbocycles. The molecule has 0 bridgehead atoms. The van der Waals surface area contributed by atoms with Gasteiger partial charge in [-0.1, -0.05) is 6.58 Å². The number of nitrogens with one attached hydrogen (secondary N) is 1. The van der Waals surface area contributed by atoms with E-state index in [2.05, 4.69) is 30.9 Å². The van der Waals surface area contributed by atoms with Crippen LogP contribution in [0.3, 0.4) is 0 Å². The molecule has 0 aromatic rings. The van der Waals surface area contributed by atoms with Crippen molar-refractivity contribution in [3.05, 3.63) is 12.7 Å². The molecule has 0 aliphatic heterocycles. The van der Waals surface area contributed by atoms with Crippen LogP contribution in [0.2, 0.25) is 0 Å². The fraction of sp³-hybridized carbons (Fsp3) is 0.700. The lowest BCUT2D eigenvalue weighted by molar-refractivity contribution is -0.889. The molecule has 0 rings (SSSR count). The van der Waals surface area contributed by atoms with Gasteiger partial charge in [-0.15, -0.1) is 0 Å². The highest BCUT2D eigenvalue weighted by molar-refractivity contribution is 5.86. The zero-order chi connectivity index (χ0) is 11.7. The number of carbonyl (C=O) groups is 1. The number of likely N-dealkylation sites (N-methyl/N-ethyl adjacent to an activating group) is 1. The molecular weight excluding hydrogens is 196 g/mol. The molecule has 5 nitrogen and oxygen atoms in total. The Morgan fingerprint density at radius 2 is 2.20 bits per heavy atom. The highest BCUT2D eigenvalue weighted by atomic mass is 17.1. The van der Waals surface area contributed by atoms with E-state index in [0.717, 1.165) is 24.0 Å². The average Bonchev–Trinajstić information content (AvgIpc) is 2.17. The molecule has 1 amide bonds. The van der Waals surface area contributed by atoms with E-state index in [-0.39, 0.29) is 5.91 Å². The zero-order valence-corrected chi connectivity index (χ0v) is 9.53. The Kier molecular flexibility index (Phi) is 6.94. The van der Waals surface area contributed by atoms with Crippen molar-refractivity contribution in [2.24, 2.45) is 0 Å². The van der Waals surface area contributed by atoms with Crippen molar-refractivity contribution in [2.75, 3.05) is 40.3 Å². The van der Waals surface area contributed by atoms with Crippen molar-refractivity contribution < 1.29 is 19.4 Å². The molecule has 2 N–H and O–H groups in total. The first kappa shape index (κ1) is 14.1. The van der Waals surface area contributed by atoms with Crippen molar-refractivity contribution in [2.45, 2.75) is 6.42 Å². The third kappa shape index (κ3) is 8.11. The average molecular weight is 217 g/mol. The summed E-state index contributed by atoms with van der Waals surface area (Å²) in [5, 5.41) is 10.9. The van der Waals surface area contributed by atoms with Crippen LogP contribution in [0.25, 0.3) is 0 Å². The monoisotopic (exact) mass is 217 g/mol. The van der Waals surface area contributed by atoms with Gasteiger partial charge in [0, 0.05) is 6.42 Å². The first-order valence-electron chi connectivity index (χ1n) is 5.00. The standard InChI is InChI=1S/C10H20N2O3/c1-4-10(13)11-6-8-12(2,3)7-5-9-15-14/h4H,1,5-9H2,2-3H3,(H-,11,13,14)/p+1. The zero-order valence-electron chi connectivity index (χ0n) is 9.53. The van der Waals surface area contributed by atoms with Gasteiger partial charge >= 0.3 is 0 Å². The molecule has 0 fully saturated rings. The second-order valence-corrected chi connectivity index (χ2v) is 4.06. The molecule has 0 radical (unpaired) electrons. The summed E-state index contributed by atoms with van der Waals surface area (Å²) in [5.41, 5.74) is 0. The number of hydrogen-bond donors (Lipinski definition) is 2. The van der Waals surface area contributed by atoms with Gasteiger partial charge in [-0.2, -0.15) is 0 Å². The van der Waals surface area contributed by atoms with E-state index in [1.807, 2.05) is 0 Å². The number of hydrogen-bond acceptors (Lipinski definition) is 3. The summed E-state index contributed by atoms with van der Waals surface area (Å²) >= 11 is 0. The summed E-state index contributed by atoms with van der Waals surface area (Å²) in [6, 6.07) is 0. The van der Waals surface area contributed by atoms with Crippen LogP contribution in [-0.4, -0.2) is 56.0 Å². The minimum atomic E-state index is -0.145. The van der Waals surface area contributed by atoms with Crippen LogP contribution in [0, 0.1) is 0 Å². The highest BCUT2D eigenvalue weighted by Gasteiger charge is 2.14. The molecule has 0 aliphatic rings. The van der Waals surface area contributed by atoms with Crippen molar-refractivity contribution in [3.63, 3.8) is 0 Å². The minimum Gasteiger partial charge on any atom is -0.347 e. The number of carbonyl (C=O) groups excluding carboxylic acids is 1. The largest absolute Gasteiger partial charge is 0.347 e. The predicted octanol–water partition coefficient (Wildman–Crippen LogP) is 0.245. The maximum atomic E-state index is 10.9. The second kappa shape index (κ2) is 7.39. The minimum absolute atomic E-state index is 0.145. The molecular formula is C10H21N2O3+. The third-order valence-corrected chi connectivity index (χ3v) is 2.20. The Bertz CT molecular complexity index is 205. The van der Waals surface area contributed by atoms with Gasteiger partial charge in [-0.25, -0.2) is 4.89 Å². The quantitative estimate of drug-likeness (QED) is 0.201. The molecule has 0 spiro atoms. The van der Waals surface area contributed by atoms with Gasteiger partial charge in [-0.3, -0.25) is 10.1 Å². The topological polar surface area (TPSA) is 58.6 Å². The van der Waals surface area contributed by atoms with Crippen molar-refractivity contribution in [1.29, 1.82) is 0 Å². The van der Waals surface area contributed by atoms with Crippen LogP contribution in [-0.2, 0) is 9.68 Å². The fourth-order valence-electron chi connectivity index (χ4n) is 1.22. The first-order chi connectivity index (χ1) is 7.02. The summed E-state index contributed by atoms with van der Waals surface area (Å²) < 4.78 is 0.779. The smallest absolute Gasteiger partial charge is 0.243 e. The SMILES string of the molecule is C=CC(=O)NCC[N+](C)(C)CCCOO. The van der Waals surface area contributed by atoms with Crippen LogP contribution >= 0.6 is 0 Å². The Morgan fingerprint density at radius 1 is 1.53 bits per heavy atom. The van der Waals surface area contributed by atoms with Gasteiger partial charge in [0.1, 0.15) is 0 Å². The third-order valence-electron chi connectivity index (χ3n) is 2.20. The lowest BCUT2D eigenvalue weighted by atomic mass is 10.3. The molecule has 88 valence electrons. The van der Waals surface area contributed by atoms with Gasteiger partial charge in [0.25, 0.3) is 0 Å². The Morgan fingerprint density at radius 3 is 2.73 bits per heavy atom. The number of amides is 1. The Hall–Kier alpha value is -0.910. The molecule has 0 atom stereocenters. The summed E-state index contributed by atoms with van der Waals surface area (Å²) in [4.78, 5) is 14.9. The lowest BCUT2D eigenvalue weighted by Gasteiger charge is -2.29. The van der Waals surface area contributed by atoms with Crippen LogP contribution in [0.4, 0.5) is 0 Å². The number of quaternary nitrogens is 1. The normalized spacial score (nSPS) is 11.1. The van der Waals surface area contributed by atoms with Crippen molar-refractivity contribution in [3.8, 4) is 0 Å². The van der Waals surface area contributed by atoms with E-state index in [9.17, 15) is 4.79 Å². The van der Waals surface area contributed by atoms with Crippen LogP contribution in [0.15, 0.2) is 12.7 Å². The van der Waals surface area contributed by atoms with E-state index in [0.29, 0.717) is 13.2 Å². The van der Waals surface area contributed by atoms with E-state index < -0.39 is 0 Å². The lowest BCUT2D eigenvalue weighted by Crippen LogP contribution is -2.46. The van der Waals surface area contributed by atoms with E-state index >= 15 is 0 Å². The van der Waals surface area contributed by atoms with Crippen LogP contribution in [0.5, 0.6) is 0 Å². The highest BCUT2D eigenvalue weighted by Crippen LogP contribution is 1.98. The predicted molar refractivity (Wildman–Crippen MR) is 58.2 cm³/mol. The van der Waals surface area contributed by atoms with E-state index in [4.69, 9.17) is 5.26 Å². The van der Waals surface area contributed by atoms with E-state index in [1.165, 1.54) is 6.08 Å². The van der Waals surface area contributed by atoms with Crippen molar-refractivity contribution >= 4 is 5.91 Å². The fourth-order valence-corrected chi connectivity index (χ4v) is 1.22. The van der Waals surface area contributed by atoms with Gasteiger partial charge in [0.05, 0.1) is 40.3 Å². The van der Waals surface area contributed by atoms with Gasteiger partial charge in [0.15, 0.2) is 0 Å². The Balaban J connectivity index is 3.63. The number of nitrogens with zero attached hydrogens (tertiary/aromatic N) is 1. The second-order valence-electron chi connectivity index (χ2n) is 4.06. The summed E-state index contributed by atoms with van der Waals surface area (Å²) in [7, 11) is 4.13. The van der Waals surface area contributed by atoms with E-state index in [1.54, 1.807) is 0 Å². The first-order valence-corrected chi connectivity index (χ1v) is 5.00. The van der Waals surface area contributed by atoms with Crippen LogP contribution in [0.1, 0.15) is 6.42 Å². The van der Waals surface area contributed by atoms with Gasteiger partial charge < -0.3 is 9.80 Å². The molecule has 0 aliphatic carbocycles. The van der Waals surface area contributed by atoms with Crippen molar-refractivity contribution in [1.82, 2.24) is 5.32 Å². The summed E-state index contributed by atoms with van der Waals surface area (Å²) in [5.74, 6) is -0.145. The molecule has 0 saturated carbocycles. The molecule has 5 heteroatoms. The molecule has 0 unspecified atom stereocenters. The number of rotatable bonds is 8. The van der Waals surface area contributed by atoms with Crippen LogP contribution < -0.4 is 5.32 Å². The van der Waals surface area contributed by atoms with Gasteiger partial charge in [-0.05, 0) is 6.08 Å². The summed E-state index contributed by atoms with van der Waals surface area (Å²) in [6.45, 7) is 6.08.